The van der Waals surface area contributed by atoms with Gasteiger partial charge < -0.3 is 10.1 Å². The zero-order valence-electron chi connectivity index (χ0n) is 14.2. The fraction of sp³-hybridized carbons (Fsp3) is 0.100. The van der Waals surface area contributed by atoms with E-state index in [0.717, 1.165) is 28.1 Å². The van der Waals surface area contributed by atoms with Crippen molar-refractivity contribution in [2.45, 2.75) is 6.92 Å². The number of aromatic nitrogens is 2. The third kappa shape index (κ3) is 2.52. The van der Waals surface area contributed by atoms with E-state index in [1.165, 1.54) is 0 Å². The summed E-state index contributed by atoms with van der Waals surface area (Å²) in [4.78, 5) is 4.65. The second-order valence-corrected chi connectivity index (χ2v) is 6.36. The number of rotatable bonds is 3. The van der Waals surface area contributed by atoms with Crippen LogP contribution in [0.5, 0.6) is 5.75 Å². The second kappa shape index (κ2) is 6.25. The number of nitrogens with one attached hydrogen (secondary N) is 1. The largest absolute Gasteiger partial charge is 0.495 e. The van der Waals surface area contributed by atoms with Gasteiger partial charge in [-0.3, -0.25) is 4.40 Å². The van der Waals surface area contributed by atoms with Crippen molar-refractivity contribution < 1.29 is 4.74 Å². The molecule has 2 aromatic carbocycles. The van der Waals surface area contributed by atoms with Gasteiger partial charge in [0.15, 0.2) is 5.65 Å². The van der Waals surface area contributed by atoms with Crippen LogP contribution in [0.15, 0.2) is 48.5 Å². The predicted octanol–water partition coefficient (Wildman–Crippen LogP) is 5.07. The van der Waals surface area contributed by atoms with Crippen LogP contribution in [0.3, 0.4) is 0 Å². The summed E-state index contributed by atoms with van der Waals surface area (Å²) in [6.45, 7) is 1.90. The standard InChI is InChI=1S/C20H15ClN4O/c1-12-9-19(23-16-10-13(21)7-8-18(16)26-2)25-17-6-4-3-5-15(17)24-20(25)14(12)11-22/h3-10,23H,1-2H3. The molecular formula is C20H15ClN4O. The fourth-order valence-electron chi connectivity index (χ4n) is 3.10. The minimum absolute atomic E-state index is 0.560. The Morgan fingerprint density at radius 3 is 2.77 bits per heavy atom. The monoisotopic (exact) mass is 362 g/mol. The molecule has 1 N–H and O–H groups in total. The van der Waals surface area contributed by atoms with E-state index in [9.17, 15) is 5.26 Å². The lowest BCUT2D eigenvalue weighted by molar-refractivity contribution is 0.417. The van der Waals surface area contributed by atoms with Crippen LogP contribution in [0.4, 0.5) is 11.5 Å². The fourth-order valence-corrected chi connectivity index (χ4v) is 3.27. The molecule has 0 saturated carbocycles. The van der Waals surface area contributed by atoms with E-state index in [2.05, 4.69) is 16.4 Å². The number of ether oxygens (including phenoxy) is 1. The molecule has 0 aliphatic rings. The number of hydrogen-bond acceptors (Lipinski definition) is 4. The number of hydrogen-bond donors (Lipinski definition) is 1. The number of nitrogens with zero attached hydrogens (tertiary/aromatic N) is 3. The molecule has 0 radical (unpaired) electrons. The normalized spacial score (nSPS) is 10.8. The molecule has 4 rings (SSSR count). The van der Waals surface area contributed by atoms with Crippen molar-refractivity contribution >= 4 is 39.8 Å². The van der Waals surface area contributed by atoms with Gasteiger partial charge in [0.25, 0.3) is 0 Å². The van der Waals surface area contributed by atoms with Gasteiger partial charge in [-0.15, -0.1) is 0 Å². The van der Waals surface area contributed by atoms with Gasteiger partial charge in [-0.25, -0.2) is 4.98 Å². The maximum absolute atomic E-state index is 9.58. The van der Waals surface area contributed by atoms with Crippen LogP contribution < -0.4 is 10.1 Å². The smallest absolute Gasteiger partial charge is 0.157 e. The third-order valence-electron chi connectivity index (χ3n) is 4.31. The van der Waals surface area contributed by atoms with E-state index in [4.69, 9.17) is 16.3 Å². The van der Waals surface area contributed by atoms with Crippen molar-refractivity contribution in [3.63, 3.8) is 0 Å². The van der Waals surface area contributed by atoms with Crippen molar-refractivity contribution in [2.24, 2.45) is 0 Å². The minimum Gasteiger partial charge on any atom is -0.495 e. The summed E-state index contributed by atoms with van der Waals surface area (Å²) in [5.41, 5.74) is 4.52. The van der Waals surface area contributed by atoms with Gasteiger partial charge in [0.2, 0.25) is 0 Å². The summed E-state index contributed by atoms with van der Waals surface area (Å²) < 4.78 is 7.38. The van der Waals surface area contributed by atoms with Crippen LogP contribution in [-0.2, 0) is 0 Å². The van der Waals surface area contributed by atoms with Crippen molar-refractivity contribution in [1.29, 1.82) is 5.26 Å². The SMILES string of the molecule is COc1ccc(Cl)cc1Nc1cc(C)c(C#N)c2nc3ccccc3n12. The molecule has 0 saturated heterocycles. The number of anilines is 2. The van der Waals surface area contributed by atoms with Crippen LogP contribution in [0.25, 0.3) is 16.7 Å². The number of methoxy groups -OCH3 is 1. The van der Waals surface area contributed by atoms with Gasteiger partial charge in [-0.2, -0.15) is 5.26 Å². The molecule has 2 aromatic heterocycles. The minimum atomic E-state index is 0.560. The number of pyridine rings is 1. The number of halogens is 1. The predicted molar refractivity (Wildman–Crippen MR) is 103 cm³/mol. The average molecular weight is 363 g/mol. The van der Waals surface area contributed by atoms with Crippen LogP contribution in [0, 0.1) is 18.3 Å². The van der Waals surface area contributed by atoms with E-state index in [0.29, 0.717) is 22.0 Å². The van der Waals surface area contributed by atoms with Crippen LogP contribution in [0.2, 0.25) is 5.02 Å². The van der Waals surface area contributed by atoms with Crippen molar-refractivity contribution in [2.75, 3.05) is 12.4 Å². The molecule has 0 fully saturated rings. The summed E-state index contributed by atoms with van der Waals surface area (Å²) in [6, 6.07) is 17.4. The molecule has 128 valence electrons. The highest BCUT2D eigenvalue weighted by molar-refractivity contribution is 6.31. The Bertz CT molecular complexity index is 1190. The van der Waals surface area contributed by atoms with Gasteiger partial charge in [0, 0.05) is 5.02 Å². The van der Waals surface area contributed by atoms with Gasteiger partial charge in [0.1, 0.15) is 17.6 Å². The number of aryl methyl sites for hydroxylation is 1. The number of imidazole rings is 1. The highest BCUT2D eigenvalue weighted by Crippen LogP contribution is 2.33. The molecule has 0 aliphatic heterocycles. The number of nitriles is 1. The molecule has 5 nitrogen and oxygen atoms in total. The number of para-hydroxylation sites is 2. The lowest BCUT2D eigenvalue weighted by Crippen LogP contribution is -2.03. The first-order chi connectivity index (χ1) is 12.6. The van der Waals surface area contributed by atoms with E-state index >= 15 is 0 Å². The molecule has 0 amide bonds. The average Bonchev–Trinajstić information content (AvgIpc) is 3.01. The zero-order valence-corrected chi connectivity index (χ0v) is 15.0. The lowest BCUT2D eigenvalue weighted by atomic mass is 10.1. The van der Waals surface area contributed by atoms with Crippen LogP contribution in [0.1, 0.15) is 11.1 Å². The summed E-state index contributed by atoms with van der Waals surface area (Å²) >= 11 is 6.15. The topological polar surface area (TPSA) is 62.3 Å². The zero-order chi connectivity index (χ0) is 18.3. The van der Waals surface area contributed by atoms with E-state index in [-0.39, 0.29) is 0 Å². The molecule has 0 atom stereocenters. The van der Waals surface area contributed by atoms with E-state index in [1.54, 1.807) is 19.2 Å². The third-order valence-corrected chi connectivity index (χ3v) is 4.54. The van der Waals surface area contributed by atoms with E-state index in [1.807, 2.05) is 47.7 Å². The molecular weight excluding hydrogens is 348 g/mol. The summed E-state index contributed by atoms with van der Waals surface area (Å²) in [7, 11) is 1.61. The maximum Gasteiger partial charge on any atom is 0.157 e. The Morgan fingerprint density at radius 2 is 2.00 bits per heavy atom. The molecule has 2 heterocycles. The molecule has 6 heteroatoms. The Labute approximate surface area is 155 Å². The Hall–Kier alpha value is -3.23. The quantitative estimate of drug-likeness (QED) is 0.552. The van der Waals surface area contributed by atoms with Crippen LogP contribution in [-0.4, -0.2) is 16.5 Å². The summed E-state index contributed by atoms with van der Waals surface area (Å²) in [5, 5.41) is 13.6. The first-order valence-electron chi connectivity index (χ1n) is 8.04. The molecule has 0 aliphatic carbocycles. The van der Waals surface area contributed by atoms with Crippen LogP contribution >= 0.6 is 11.6 Å². The molecule has 0 unspecified atom stereocenters. The Morgan fingerprint density at radius 1 is 1.19 bits per heavy atom. The van der Waals surface area contributed by atoms with Crippen molar-refractivity contribution in [3.8, 4) is 11.8 Å². The van der Waals surface area contributed by atoms with Crippen molar-refractivity contribution in [1.82, 2.24) is 9.38 Å². The number of fused-ring (bicyclic) bond motifs is 3. The summed E-state index contributed by atoms with van der Waals surface area (Å²) in [6.07, 6.45) is 0. The maximum atomic E-state index is 9.58. The molecule has 4 aromatic rings. The first kappa shape index (κ1) is 16.2. The number of benzene rings is 2. The lowest BCUT2D eigenvalue weighted by Gasteiger charge is -2.15. The van der Waals surface area contributed by atoms with Crippen molar-refractivity contribution in [3.05, 3.63) is 64.7 Å². The van der Waals surface area contributed by atoms with Gasteiger partial charge in [0.05, 0.1) is 29.4 Å². The van der Waals surface area contributed by atoms with Gasteiger partial charge in [-0.1, -0.05) is 23.7 Å². The Kier molecular flexibility index (Phi) is 3.90. The molecule has 0 bridgehead atoms. The van der Waals surface area contributed by atoms with E-state index < -0.39 is 0 Å². The Balaban J connectivity index is 2.02. The van der Waals surface area contributed by atoms with Gasteiger partial charge in [-0.05, 0) is 48.9 Å². The highest BCUT2D eigenvalue weighted by atomic mass is 35.5. The first-order valence-corrected chi connectivity index (χ1v) is 8.41. The molecule has 0 spiro atoms. The molecule has 26 heavy (non-hydrogen) atoms. The van der Waals surface area contributed by atoms with Gasteiger partial charge >= 0.3 is 0 Å². The summed E-state index contributed by atoms with van der Waals surface area (Å²) in [5.74, 6) is 1.46. The second-order valence-electron chi connectivity index (χ2n) is 5.93. The highest BCUT2D eigenvalue weighted by Gasteiger charge is 2.16.